The van der Waals surface area contributed by atoms with E-state index in [1.165, 1.54) is 0 Å². The van der Waals surface area contributed by atoms with Gasteiger partial charge in [0.2, 0.25) is 5.91 Å². The Hall–Kier alpha value is -0.970. The van der Waals surface area contributed by atoms with E-state index in [2.05, 4.69) is 21.2 Å². The highest BCUT2D eigenvalue weighted by Crippen LogP contribution is 2.17. The van der Waals surface area contributed by atoms with Crippen molar-refractivity contribution in [1.82, 2.24) is 0 Å². The number of nitrogens with one attached hydrogen (secondary N) is 1. The van der Waals surface area contributed by atoms with Crippen LogP contribution < -0.4 is 5.32 Å². The molecule has 15 heavy (non-hydrogen) atoms. The molecule has 0 saturated heterocycles. The highest BCUT2D eigenvalue weighted by Gasteiger charge is 2.14. The molecule has 82 valence electrons. The van der Waals surface area contributed by atoms with Gasteiger partial charge in [0, 0.05) is 6.07 Å². The maximum absolute atomic E-state index is 13.1. The molecule has 2 nitrogen and oxygen atoms in total. The van der Waals surface area contributed by atoms with Crippen LogP contribution in [0.3, 0.4) is 0 Å². The number of hydrogen-bond acceptors (Lipinski definition) is 1. The van der Waals surface area contributed by atoms with Crippen LogP contribution in [-0.4, -0.2) is 10.7 Å². The average Bonchev–Trinajstić information content (AvgIpc) is 2.22. The molecule has 0 heterocycles. The first-order chi connectivity index (χ1) is 7.04. The van der Waals surface area contributed by atoms with Crippen molar-refractivity contribution in [3.05, 3.63) is 29.8 Å². The molecule has 5 heteroatoms. The minimum atomic E-state index is -0.652. The maximum Gasteiger partial charge on any atom is 0.238 e. The standard InChI is InChI=1S/C10H10BrF2NO/c1-2-7(11)10(15)14-9-5-6(12)3-4-8(9)13/h3-5,7H,2H2,1H3,(H,14,15)/t7-/m1/s1. The van der Waals surface area contributed by atoms with Crippen LogP contribution in [0.4, 0.5) is 14.5 Å². The molecule has 0 aliphatic rings. The second-order valence-corrected chi connectivity index (χ2v) is 4.09. The van der Waals surface area contributed by atoms with E-state index in [0.29, 0.717) is 6.42 Å². The van der Waals surface area contributed by atoms with E-state index >= 15 is 0 Å². The zero-order valence-electron chi connectivity index (χ0n) is 8.06. The smallest absolute Gasteiger partial charge is 0.238 e. The molecule has 1 atom stereocenters. The summed E-state index contributed by atoms with van der Waals surface area (Å²) in [6.45, 7) is 1.81. The van der Waals surface area contributed by atoms with Gasteiger partial charge in [-0.15, -0.1) is 0 Å². The normalized spacial score (nSPS) is 12.3. The Morgan fingerprint density at radius 2 is 2.20 bits per heavy atom. The highest BCUT2D eigenvalue weighted by molar-refractivity contribution is 9.10. The van der Waals surface area contributed by atoms with Crippen LogP contribution in [0.5, 0.6) is 0 Å². The zero-order valence-corrected chi connectivity index (χ0v) is 9.64. The molecule has 0 saturated carbocycles. The number of amides is 1. The van der Waals surface area contributed by atoms with E-state index in [9.17, 15) is 13.6 Å². The summed E-state index contributed by atoms with van der Waals surface area (Å²) in [5, 5.41) is 2.30. The molecule has 0 aliphatic heterocycles. The van der Waals surface area contributed by atoms with Crippen molar-refractivity contribution in [3.63, 3.8) is 0 Å². The lowest BCUT2D eigenvalue weighted by molar-refractivity contribution is -0.115. The van der Waals surface area contributed by atoms with Crippen molar-refractivity contribution >= 4 is 27.5 Å². The molecule has 0 fully saturated rings. The molecular weight excluding hydrogens is 268 g/mol. The number of rotatable bonds is 3. The van der Waals surface area contributed by atoms with Crippen LogP contribution in [-0.2, 0) is 4.79 Å². The van der Waals surface area contributed by atoms with E-state index in [4.69, 9.17) is 0 Å². The fourth-order valence-corrected chi connectivity index (χ4v) is 1.10. The topological polar surface area (TPSA) is 29.1 Å². The van der Waals surface area contributed by atoms with Gasteiger partial charge in [-0.3, -0.25) is 4.79 Å². The first-order valence-corrected chi connectivity index (χ1v) is 5.36. The number of alkyl halides is 1. The summed E-state index contributed by atoms with van der Waals surface area (Å²) in [5.74, 6) is -1.63. The predicted molar refractivity (Wildman–Crippen MR) is 58.0 cm³/mol. The van der Waals surface area contributed by atoms with Crippen molar-refractivity contribution in [3.8, 4) is 0 Å². The Labute approximate surface area is 94.8 Å². The van der Waals surface area contributed by atoms with Crippen molar-refractivity contribution < 1.29 is 13.6 Å². The zero-order chi connectivity index (χ0) is 11.4. The minimum absolute atomic E-state index is 0.141. The summed E-state index contributed by atoms with van der Waals surface area (Å²) in [7, 11) is 0. The highest BCUT2D eigenvalue weighted by atomic mass is 79.9. The number of benzene rings is 1. The van der Waals surface area contributed by atoms with Gasteiger partial charge < -0.3 is 5.32 Å². The number of carbonyl (C=O) groups is 1. The first kappa shape index (κ1) is 12.1. The van der Waals surface area contributed by atoms with Crippen molar-refractivity contribution in [2.75, 3.05) is 5.32 Å². The third-order valence-electron chi connectivity index (χ3n) is 1.83. The summed E-state index contributed by atoms with van der Waals surface area (Å²) < 4.78 is 25.9. The molecule has 1 aromatic carbocycles. The summed E-state index contributed by atoms with van der Waals surface area (Å²) in [6.07, 6.45) is 0.572. The fourth-order valence-electron chi connectivity index (χ4n) is 0.990. The Balaban J connectivity index is 2.80. The van der Waals surface area contributed by atoms with Gasteiger partial charge in [0.1, 0.15) is 11.6 Å². The molecular formula is C10H10BrF2NO. The van der Waals surface area contributed by atoms with E-state index in [1.54, 1.807) is 6.92 Å². The Morgan fingerprint density at radius 3 is 2.80 bits per heavy atom. The van der Waals surface area contributed by atoms with Gasteiger partial charge in [-0.1, -0.05) is 22.9 Å². The Bertz CT molecular complexity index is 370. The van der Waals surface area contributed by atoms with Crippen molar-refractivity contribution in [1.29, 1.82) is 0 Å². The molecule has 0 aliphatic carbocycles. The summed E-state index contributed by atoms with van der Waals surface area (Å²) in [5.41, 5.74) is -0.141. The lowest BCUT2D eigenvalue weighted by atomic mass is 10.2. The predicted octanol–water partition coefficient (Wildman–Crippen LogP) is 3.08. The molecule has 0 aromatic heterocycles. The van der Waals surface area contributed by atoms with Gasteiger partial charge in [-0.05, 0) is 18.6 Å². The lowest BCUT2D eigenvalue weighted by Crippen LogP contribution is -2.22. The molecule has 1 rings (SSSR count). The van der Waals surface area contributed by atoms with Crippen molar-refractivity contribution in [2.24, 2.45) is 0 Å². The average molecular weight is 278 g/mol. The molecule has 1 N–H and O–H groups in total. The fraction of sp³-hybridized carbons (Fsp3) is 0.300. The van der Waals surface area contributed by atoms with E-state index in [1.807, 2.05) is 0 Å². The molecule has 0 bridgehead atoms. The number of carbonyl (C=O) groups excluding carboxylic acids is 1. The van der Waals surface area contributed by atoms with Crippen LogP contribution >= 0.6 is 15.9 Å². The van der Waals surface area contributed by atoms with Gasteiger partial charge in [-0.25, -0.2) is 8.78 Å². The number of anilines is 1. The summed E-state index contributed by atoms with van der Waals surface area (Å²) >= 11 is 3.11. The largest absolute Gasteiger partial charge is 0.323 e. The summed E-state index contributed by atoms with van der Waals surface area (Å²) in [4.78, 5) is 11.0. The monoisotopic (exact) mass is 277 g/mol. The molecule has 0 spiro atoms. The molecule has 0 unspecified atom stereocenters. The van der Waals surface area contributed by atoms with Crippen LogP contribution in [0.15, 0.2) is 18.2 Å². The molecule has 1 aromatic rings. The number of halogens is 3. The van der Waals surface area contributed by atoms with Gasteiger partial charge in [0.05, 0.1) is 10.5 Å². The SMILES string of the molecule is CC[C@@H](Br)C(=O)Nc1cc(F)ccc1F. The quantitative estimate of drug-likeness (QED) is 0.846. The van der Waals surface area contributed by atoms with Gasteiger partial charge >= 0.3 is 0 Å². The third-order valence-corrected chi connectivity index (χ3v) is 2.89. The molecule has 0 radical (unpaired) electrons. The Kier molecular flexibility index (Phi) is 4.20. The third kappa shape index (κ3) is 3.27. The first-order valence-electron chi connectivity index (χ1n) is 4.44. The maximum atomic E-state index is 13.1. The van der Waals surface area contributed by atoms with E-state index in [0.717, 1.165) is 18.2 Å². The second kappa shape index (κ2) is 5.21. The van der Waals surface area contributed by atoms with Gasteiger partial charge in [0.15, 0.2) is 0 Å². The summed E-state index contributed by atoms with van der Waals surface area (Å²) in [6, 6.07) is 2.92. The number of hydrogen-bond donors (Lipinski definition) is 1. The lowest BCUT2D eigenvalue weighted by Gasteiger charge is -2.09. The van der Waals surface area contributed by atoms with Crippen LogP contribution in [0.1, 0.15) is 13.3 Å². The Morgan fingerprint density at radius 1 is 1.53 bits per heavy atom. The van der Waals surface area contributed by atoms with Crippen LogP contribution in [0.2, 0.25) is 0 Å². The minimum Gasteiger partial charge on any atom is -0.323 e. The van der Waals surface area contributed by atoms with E-state index in [-0.39, 0.29) is 11.6 Å². The van der Waals surface area contributed by atoms with E-state index < -0.39 is 16.5 Å². The second-order valence-electron chi connectivity index (χ2n) is 2.99. The van der Waals surface area contributed by atoms with Gasteiger partial charge in [0.25, 0.3) is 0 Å². The van der Waals surface area contributed by atoms with Gasteiger partial charge in [-0.2, -0.15) is 0 Å². The van der Waals surface area contributed by atoms with Crippen LogP contribution in [0.25, 0.3) is 0 Å². The van der Waals surface area contributed by atoms with Crippen LogP contribution in [0, 0.1) is 11.6 Å². The van der Waals surface area contributed by atoms with Crippen molar-refractivity contribution in [2.45, 2.75) is 18.2 Å². The molecule has 1 amide bonds.